The van der Waals surface area contributed by atoms with Crippen molar-refractivity contribution in [3.63, 3.8) is 0 Å². The van der Waals surface area contributed by atoms with E-state index in [-0.39, 0.29) is 11.9 Å². The summed E-state index contributed by atoms with van der Waals surface area (Å²) in [5, 5.41) is 3.95. The zero-order valence-corrected chi connectivity index (χ0v) is 19.9. The first kappa shape index (κ1) is 23.2. The van der Waals surface area contributed by atoms with Crippen LogP contribution in [0.1, 0.15) is 23.2 Å². The lowest BCUT2D eigenvalue weighted by molar-refractivity contribution is -0.117. The van der Waals surface area contributed by atoms with Gasteiger partial charge in [0.25, 0.3) is 5.91 Å². The van der Waals surface area contributed by atoms with E-state index in [0.717, 1.165) is 53.1 Å². The molecule has 182 valence electrons. The number of nitrogens with two attached hydrogens (primary N) is 1. The molecule has 3 aromatic carbocycles. The van der Waals surface area contributed by atoms with Gasteiger partial charge in [-0.1, -0.05) is 36.9 Å². The number of benzene rings is 3. The van der Waals surface area contributed by atoms with Gasteiger partial charge in [-0.2, -0.15) is 0 Å². The van der Waals surface area contributed by atoms with Gasteiger partial charge in [0.15, 0.2) is 0 Å². The Morgan fingerprint density at radius 1 is 1.06 bits per heavy atom. The highest BCUT2D eigenvalue weighted by atomic mass is 16.5. The molecule has 1 aromatic heterocycles. The number of nitrogens with one attached hydrogen (secondary N) is 2. The minimum Gasteiger partial charge on any atom is -0.457 e. The summed E-state index contributed by atoms with van der Waals surface area (Å²) in [6.45, 7) is 5.07. The minimum absolute atomic E-state index is 0.0203. The van der Waals surface area contributed by atoms with Gasteiger partial charge in [0.2, 0.25) is 5.91 Å². The Kier molecular flexibility index (Phi) is 6.45. The molecule has 1 aliphatic rings. The van der Waals surface area contributed by atoms with Gasteiger partial charge in [0.05, 0.1) is 11.1 Å². The Hall–Kier alpha value is -4.52. The number of rotatable bonds is 7. The molecule has 1 aliphatic heterocycles. The number of amides is 2. The normalized spacial score (nSPS) is 15.4. The smallest absolute Gasteiger partial charge is 0.250 e. The van der Waals surface area contributed by atoms with Crippen LogP contribution in [0.2, 0.25) is 0 Å². The van der Waals surface area contributed by atoms with Crippen molar-refractivity contribution in [1.29, 1.82) is 0 Å². The molecule has 4 N–H and O–H groups in total. The molecule has 5 rings (SSSR count). The van der Waals surface area contributed by atoms with Crippen LogP contribution in [-0.2, 0) is 4.79 Å². The number of aromatic nitrogens is 1. The third kappa shape index (κ3) is 4.68. The molecule has 2 amide bonds. The standard InChI is InChI=1S/C29H28N4O3/c1-2-26(34)32-20-7-6-16-33(18-20)25-15-14-23(29(30)35)28-27(25)24(17-31-28)19-10-12-22(13-11-19)36-21-8-4-3-5-9-21/h2-5,8-15,17,20,31H,1,6-7,16,18H2,(H2,30,35)(H,32,34)/t20-/m0/s1. The fourth-order valence-corrected chi connectivity index (χ4v) is 4.83. The van der Waals surface area contributed by atoms with Crippen LogP contribution in [0.4, 0.5) is 5.69 Å². The number of hydrogen-bond donors (Lipinski definition) is 3. The number of carbonyl (C=O) groups excluding carboxylic acids is 2. The molecule has 1 atom stereocenters. The highest BCUT2D eigenvalue weighted by Crippen LogP contribution is 2.39. The van der Waals surface area contributed by atoms with Gasteiger partial charge in [-0.3, -0.25) is 9.59 Å². The first-order valence-electron chi connectivity index (χ1n) is 12.0. The van der Waals surface area contributed by atoms with E-state index in [1.54, 1.807) is 6.07 Å². The second-order valence-electron chi connectivity index (χ2n) is 8.89. The summed E-state index contributed by atoms with van der Waals surface area (Å²) in [5.41, 5.74) is 9.79. The van der Waals surface area contributed by atoms with Crippen molar-refractivity contribution < 1.29 is 14.3 Å². The molecule has 7 heteroatoms. The molecular weight excluding hydrogens is 452 g/mol. The molecule has 0 unspecified atom stereocenters. The molecular formula is C29H28N4O3. The molecule has 7 nitrogen and oxygen atoms in total. The first-order valence-corrected chi connectivity index (χ1v) is 12.0. The quantitative estimate of drug-likeness (QED) is 0.324. The van der Waals surface area contributed by atoms with Gasteiger partial charge in [-0.15, -0.1) is 0 Å². The Morgan fingerprint density at radius 3 is 2.53 bits per heavy atom. The van der Waals surface area contributed by atoms with E-state index in [1.165, 1.54) is 6.08 Å². The number of aromatic amines is 1. The number of piperidine rings is 1. The Balaban J connectivity index is 1.51. The van der Waals surface area contributed by atoms with Crippen molar-refractivity contribution in [2.24, 2.45) is 5.73 Å². The monoisotopic (exact) mass is 480 g/mol. The number of hydrogen-bond acceptors (Lipinski definition) is 4. The van der Waals surface area contributed by atoms with Gasteiger partial charge in [0, 0.05) is 42.0 Å². The number of primary amides is 1. The first-order chi connectivity index (χ1) is 17.5. The number of anilines is 1. The lowest BCUT2D eigenvalue weighted by Gasteiger charge is -2.35. The summed E-state index contributed by atoms with van der Waals surface area (Å²) < 4.78 is 5.94. The summed E-state index contributed by atoms with van der Waals surface area (Å²) in [5.74, 6) is 0.853. The van der Waals surface area contributed by atoms with Crippen LogP contribution in [0.15, 0.2) is 85.6 Å². The molecule has 0 bridgehead atoms. The Bertz CT molecular complexity index is 1410. The second kappa shape index (κ2) is 10.00. The maximum Gasteiger partial charge on any atom is 0.250 e. The predicted molar refractivity (Wildman–Crippen MR) is 142 cm³/mol. The van der Waals surface area contributed by atoms with Crippen LogP contribution in [0.25, 0.3) is 22.0 Å². The van der Waals surface area contributed by atoms with Crippen molar-refractivity contribution in [2.45, 2.75) is 18.9 Å². The third-order valence-corrected chi connectivity index (χ3v) is 6.52. The van der Waals surface area contributed by atoms with E-state index in [4.69, 9.17) is 10.5 Å². The zero-order valence-electron chi connectivity index (χ0n) is 19.9. The van der Waals surface area contributed by atoms with E-state index in [2.05, 4.69) is 21.8 Å². The number of para-hydroxylation sites is 1. The largest absolute Gasteiger partial charge is 0.457 e. The Morgan fingerprint density at radius 2 is 1.81 bits per heavy atom. The molecule has 36 heavy (non-hydrogen) atoms. The fraction of sp³-hybridized carbons (Fsp3) is 0.172. The summed E-state index contributed by atoms with van der Waals surface area (Å²) in [4.78, 5) is 29.6. The maximum atomic E-state index is 12.2. The summed E-state index contributed by atoms with van der Waals surface area (Å²) in [6.07, 6.45) is 5.05. The molecule has 0 radical (unpaired) electrons. The van der Waals surface area contributed by atoms with Crippen LogP contribution in [0.5, 0.6) is 11.5 Å². The fourth-order valence-electron chi connectivity index (χ4n) is 4.83. The zero-order chi connectivity index (χ0) is 25.1. The van der Waals surface area contributed by atoms with Crippen molar-refractivity contribution in [2.75, 3.05) is 18.0 Å². The van der Waals surface area contributed by atoms with Crippen LogP contribution in [-0.4, -0.2) is 35.9 Å². The average Bonchev–Trinajstić information content (AvgIpc) is 3.34. The van der Waals surface area contributed by atoms with Crippen molar-refractivity contribution in [3.05, 3.63) is 91.1 Å². The van der Waals surface area contributed by atoms with Gasteiger partial charge in [-0.25, -0.2) is 0 Å². The average molecular weight is 481 g/mol. The molecule has 0 saturated carbocycles. The van der Waals surface area contributed by atoms with E-state index in [9.17, 15) is 9.59 Å². The number of carbonyl (C=O) groups is 2. The summed E-state index contributed by atoms with van der Waals surface area (Å²) >= 11 is 0. The lowest BCUT2D eigenvalue weighted by Crippen LogP contribution is -2.47. The SMILES string of the molecule is C=CC(=O)N[C@H]1CCCN(c2ccc(C(N)=O)c3[nH]cc(-c4ccc(Oc5ccccc5)cc4)c23)C1. The summed E-state index contributed by atoms with van der Waals surface area (Å²) in [7, 11) is 0. The maximum absolute atomic E-state index is 12.2. The van der Waals surface area contributed by atoms with Crippen LogP contribution < -0.4 is 20.7 Å². The molecule has 4 aromatic rings. The second-order valence-corrected chi connectivity index (χ2v) is 8.89. The third-order valence-electron chi connectivity index (χ3n) is 6.52. The highest BCUT2D eigenvalue weighted by molar-refractivity contribution is 6.13. The van der Waals surface area contributed by atoms with Gasteiger partial charge in [-0.05, 0) is 60.9 Å². The van der Waals surface area contributed by atoms with E-state index in [0.29, 0.717) is 17.6 Å². The molecule has 1 fully saturated rings. The van der Waals surface area contributed by atoms with E-state index >= 15 is 0 Å². The van der Waals surface area contributed by atoms with Gasteiger partial charge in [0.1, 0.15) is 11.5 Å². The van der Waals surface area contributed by atoms with E-state index in [1.807, 2.05) is 66.9 Å². The van der Waals surface area contributed by atoms with Crippen molar-refractivity contribution in [1.82, 2.24) is 10.3 Å². The van der Waals surface area contributed by atoms with Crippen LogP contribution in [0.3, 0.4) is 0 Å². The number of ether oxygens (including phenoxy) is 1. The molecule has 1 saturated heterocycles. The number of fused-ring (bicyclic) bond motifs is 1. The van der Waals surface area contributed by atoms with Gasteiger partial charge >= 0.3 is 0 Å². The van der Waals surface area contributed by atoms with Crippen LogP contribution >= 0.6 is 0 Å². The van der Waals surface area contributed by atoms with Crippen molar-refractivity contribution >= 4 is 28.4 Å². The highest BCUT2D eigenvalue weighted by Gasteiger charge is 2.25. The predicted octanol–water partition coefficient (Wildman–Crippen LogP) is 5.00. The number of nitrogens with zero attached hydrogens (tertiary/aromatic N) is 1. The number of H-pyrrole nitrogens is 1. The topological polar surface area (TPSA) is 100 Å². The molecule has 2 heterocycles. The molecule has 0 spiro atoms. The van der Waals surface area contributed by atoms with Crippen LogP contribution in [0, 0.1) is 0 Å². The minimum atomic E-state index is -0.485. The summed E-state index contributed by atoms with van der Waals surface area (Å²) in [6, 6.07) is 21.2. The van der Waals surface area contributed by atoms with Crippen molar-refractivity contribution in [3.8, 4) is 22.6 Å². The van der Waals surface area contributed by atoms with Gasteiger partial charge < -0.3 is 25.7 Å². The van der Waals surface area contributed by atoms with E-state index < -0.39 is 5.91 Å². The molecule has 0 aliphatic carbocycles. The Labute approximate surface area is 209 Å². The lowest BCUT2D eigenvalue weighted by atomic mass is 9.98.